The normalized spacial score (nSPS) is 31.0. The van der Waals surface area contributed by atoms with Crippen molar-refractivity contribution in [3.05, 3.63) is 35.9 Å². The Morgan fingerprint density at radius 2 is 1.74 bits per heavy atom. The van der Waals surface area contributed by atoms with Crippen LogP contribution in [-0.2, 0) is 16.0 Å². The molecule has 0 aliphatic carbocycles. The van der Waals surface area contributed by atoms with Gasteiger partial charge in [-0.2, -0.15) is 0 Å². The van der Waals surface area contributed by atoms with Crippen LogP contribution in [0.15, 0.2) is 30.3 Å². The summed E-state index contributed by atoms with van der Waals surface area (Å²) in [5.74, 6) is 0. The van der Waals surface area contributed by atoms with Gasteiger partial charge in [0.2, 0.25) is 0 Å². The number of ether oxygens (including phenoxy) is 2. The molecule has 1 aromatic carbocycles. The van der Waals surface area contributed by atoms with Crippen LogP contribution < -0.4 is 0 Å². The molecule has 2 fully saturated rings. The summed E-state index contributed by atoms with van der Waals surface area (Å²) < 4.78 is 10.5. The Kier molecular flexibility index (Phi) is 5.37. The van der Waals surface area contributed by atoms with Crippen molar-refractivity contribution in [2.24, 2.45) is 0 Å². The minimum atomic E-state index is -0.561. The lowest BCUT2D eigenvalue weighted by Crippen LogP contribution is -2.50. The largest absolute Gasteiger partial charge is 0.390 e. The fraction of sp³-hybridized carbons (Fsp3) is 0.684. The number of fused-ring (bicyclic) bond motifs is 2. The van der Waals surface area contributed by atoms with Crippen molar-refractivity contribution in [3.8, 4) is 0 Å². The van der Waals surface area contributed by atoms with E-state index in [0.717, 1.165) is 32.2 Å². The second-order valence-corrected chi connectivity index (χ2v) is 7.12. The molecule has 2 atom stereocenters. The van der Waals surface area contributed by atoms with Gasteiger partial charge in [-0.3, -0.25) is 4.90 Å². The van der Waals surface area contributed by atoms with Gasteiger partial charge in [0, 0.05) is 39.3 Å². The standard InChI is InChI=1S/C19H29NO3/c1-22-18(23-2)10-11-19(21)12-16-8-9-17(13-19)20(16)14-15-6-4-3-5-7-15/h3-7,16-18,21H,8-14H2,1-2H3. The van der Waals surface area contributed by atoms with Crippen LogP contribution in [0.4, 0.5) is 0 Å². The number of rotatable bonds is 7. The van der Waals surface area contributed by atoms with Gasteiger partial charge in [0.25, 0.3) is 0 Å². The highest BCUT2D eigenvalue weighted by Gasteiger charge is 2.47. The van der Waals surface area contributed by atoms with E-state index in [1.807, 2.05) is 0 Å². The number of piperidine rings is 1. The van der Waals surface area contributed by atoms with Gasteiger partial charge >= 0.3 is 0 Å². The number of benzene rings is 1. The molecule has 0 radical (unpaired) electrons. The van der Waals surface area contributed by atoms with Gasteiger partial charge in [0.1, 0.15) is 0 Å². The lowest BCUT2D eigenvalue weighted by atomic mass is 9.82. The van der Waals surface area contributed by atoms with Crippen LogP contribution in [0.5, 0.6) is 0 Å². The molecule has 4 nitrogen and oxygen atoms in total. The molecule has 2 aliphatic rings. The van der Waals surface area contributed by atoms with Crippen molar-refractivity contribution in [1.29, 1.82) is 0 Å². The number of methoxy groups -OCH3 is 2. The number of hydrogen-bond donors (Lipinski definition) is 1. The molecule has 2 bridgehead atoms. The molecule has 23 heavy (non-hydrogen) atoms. The number of aliphatic hydroxyl groups is 1. The SMILES string of the molecule is COC(CCC1(O)CC2CCC(C1)N2Cc1ccccc1)OC. The first-order valence-electron chi connectivity index (χ1n) is 8.71. The zero-order valence-corrected chi connectivity index (χ0v) is 14.3. The van der Waals surface area contributed by atoms with E-state index >= 15 is 0 Å². The molecule has 2 heterocycles. The van der Waals surface area contributed by atoms with Crippen molar-refractivity contribution in [2.45, 2.75) is 69.0 Å². The zero-order valence-electron chi connectivity index (χ0n) is 14.3. The van der Waals surface area contributed by atoms with Crippen molar-refractivity contribution in [1.82, 2.24) is 4.90 Å². The lowest BCUT2D eigenvalue weighted by Gasteiger charge is -2.44. The molecule has 1 N–H and O–H groups in total. The lowest BCUT2D eigenvalue weighted by molar-refractivity contribution is -0.126. The molecule has 128 valence electrons. The molecule has 0 aromatic heterocycles. The summed E-state index contributed by atoms with van der Waals surface area (Å²) in [6.45, 7) is 1.00. The van der Waals surface area contributed by atoms with Gasteiger partial charge in [-0.1, -0.05) is 30.3 Å². The monoisotopic (exact) mass is 319 g/mol. The molecule has 4 heteroatoms. The highest BCUT2D eigenvalue weighted by Crippen LogP contribution is 2.43. The average molecular weight is 319 g/mol. The third-order valence-corrected chi connectivity index (χ3v) is 5.58. The summed E-state index contributed by atoms with van der Waals surface area (Å²) in [7, 11) is 3.31. The van der Waals surface area contributed by atoms with Gasteiger partial charge < -0.3 is 14.6 Å². The van der Waals surface area contributed by atoms with Crippen LogP contribution in [0.2, 0.25) is 0 Å². The van der Waals surface area contributed by atoms with Gasteiger partial charge in [-0.05, 0) is 37.7 Å². The van der Waals surface area contributed by atoms with E-state index in [2.05, 4.69) is 35.2 Å². The Labute approximate surface area is 139 Å². The van der Waals surface area contributed by atoms with E-state index in [1.54, 1.807) is 14.2 Å². The van der Waals surface area contributed by atoms with Crippen molar-refractivity contribution >= 4 is 0 Å². The smallest absolute Gasteiger partial charge is 0.156 e. The van der Waals surface area contributed by atoms with Crippen LogP contribution in [0, 0.1) is 0 Å². The van der Waals surface area contributed by atoms with Gasteiger partial charge in [-0.25, -0.2) is 0 Å². The molecule has 0 saturated carbocycles. The first-order valence-corrected chi connectivity index (χ1v) is 8.71. The van der Waals surface area contributed by atoms with E-state index in [0.29, 0.717) is 12.1 Å². The Hall–Kier alpha value is -0.940. The first kappa shape index (κ1) is 16.9. The summed E-state index contributed by atoms with van der Waals surface area (Å²) in [4.78, 5) is 2.61. The molecular formula is C19H29NO3. The average Bonchev–Trinajstić information content (AvgIpc) is 2.81. The fourth-order valence-corrected chi connectivity index (χ4v) is 4.39. The van der Waals surface area contributed by atoms with Gasteiger partial charge in [0.05, 0.1) is 5.60 Å². The van der Waals surface area contributed by atoms with E-state index in [4.69, 9.17) is 9.47 Å². The highest BCUT2D eigenvalue weighted by molar-refractivity contribution is 5.16. The maximum Gasteiger partial charge on any atom is 0.156 e. The summed E-state index contributed by atoms with van der Waals surface area (Å²) in [6.07, 6.45) is 5.45. The van der Waals surface area contributed by atoms with Gasteiger partial charge in [-0.15, -0.1) is 0 Å². The molecule has 3 rings (SSSR count). The predicted octanol–water partition coefficient (Wildman–Crippen LogP) is 2.94. The summed E-state index contributed by atoms with van der Waals surface area (Å²) in [5, 5.41) is 11.0. The van der Waals surface area contributed by atoms with Crippen LogP contribution >= 0.6 is 0 Å². The Morgan fingerprint density at radius 3 is 2.30 bits per heavy atom. The minimum absolute atomic E-state index is 0.209. The summed E-state index contributed by atoms with van der Waals surface area (Å²) in [5.41, 5.74) is 0.808. The quantitative estimate of drug-likeness (QED) is 0.785. The predicted molar refractivity (Wildman–Crippen MR) is 90.0 cm³/mol. The highest BCUT2D eigenvalue weighted by atomic mass is 16.7. The van der Waals surface area contributed by atoms with Crippen LogP contribution in [0.1, 0.15) is 44.1 Å². The molecule has 2 unspecified atom stereocenters. The molecule has 2 aliphatic heterocycles. The fourth-order valence-electron chi connectivity index (χ4n) is 4.39. The Morgan fingerprint density at radius 1 is 1.13 bits per heavy atom. The van der Waals surface area contributed by atoms with Crippen LogP contribution in [0.3, 0.4) is 0 Å². The molecule has 2 saturated heterocycles. The summed E-state index contributed by atoms with van der Waals surface area (Å²) >= 11 is 0. The van der Waals surface area contributed by atoms with E-state index < -0.39 is 5.60 Å². The Balaban J connectivity index is 1.60. The molecular weight excluding hydrogens is 290 g/mol. The second kappa shape index (κ2) is 7.31. The van der Waals surface area contributed by atoms with E-state index in [-0.39, 0.29) is 6.29 Å². The third-order valence-electron chi connectivity index (χ3n) is 5.58. The topological polar surface area (TPSA) is 41.9 Å². The second-order valence-electron chi connectivity index (χ2n) is 7.12. The molecule has 0 spiro atoms. The summed E-state index contributed by atoms with van der Waals surface area (Å²) in [6, 6.07) is 11.7. The molecule has 1 aromatic rings. The maximum absolute atomic E-state index is 11.0. The zero-order chi connectivity index (χ0) is 16.3. The van der Waals surface area contributed by atoms with Crippen molar-refractivity contribution in [2.75, 3.05) is 14.2 Å². The van der Waals surface area contributed by atoms with Gasteiger partial charge in [0.15, 0.2) is 6.29 Å². The maximum atomic E-state index is 11.0. The first-order chi connectivity index (χ1) is 11.1. The van der Waals surface area contributed by atoms with Crippen molar-refractivity contribution < 1.29 is 14.6 Å². The van der Waals surface area contributed by atoms with Crippen molar-refractivity contribution in [3.63, 3.8) is 0 Å². The Bertz CT molecular complexity index is 475. The number of nitrogens with zero attached hydrogens (tertiary/aromatic N) is 1. The number of hydrogen-bond acceptors (Lipinski definition) is 4. The van der Waals surface area contributed by atoms with E-state index in [1.165, 1.54) is 18.4 Å². The van der Waals surface area contributed by atoms with Crippen LogP contribution in [0.25, 0.3) is 0 Å². The van der Waals surface area contributed by atoms with E-state index in [9.17, 15) is 5.11 Å². The van der Waals surface area contributed by atoms with Crippen LogP contribution in [-0.4, -0.2) is 48.2 Å². The molecule has 0 amide bonds. The third kappa shape index (κ3) is 3.94. The minimum Gasteiger partial charge on any atom is -0.390 e.